The Morgan fingerprint density at radius 1 is 1.64 bits per heavy atom. The zero-order chi connectivity index (χ0) is 7.68. The van der Waals surface area contributed by atoms with Crippen LogP contribution in [0.3, 0.4) is 0 Å². The van der Waals surface area contributed by atoms with Crippen molar-refractivity contribution in [2.75, 3.05) is 5.75 Å². The summed E-state index contributed by atoms with van der Waals surface area (Å²) in [5.74, 6) is 2.75. The second-order valence-corrected chi connectivity index (χ2v) is 3.29. The van der Waals surface area contributed by atoms with Crippen molar-refractivity contribution in [3.63, 3.8) is 0 Å². The van der Waals surface area contributed by atoms with Gasteiger partial charge in [0.2, 0.25) is 0 Å². The Bertz CT molecular complexity index is 420. The normalized spacial score (nSPS) is 13.5. The van der Waals surface area contributed by atoms with E-state index in [9.17, 15) is 4.79 Å². The Morgan fingerprint density at radius 3 is 3.36 bits per heavy atom. The predicted molar refractivity (Wildman–Crippen MR) is 43.5 cm³/mol. The molecule has 0 amide bonds. The van der Waals surface area contributed by atoms with Gasteiger partial charge in [0.25, 0.3) is 0 Å². The summed E-state index contributed by atoms with van der Waals surface area (Å²) in [6.07, 6.45) is 3.82. The summed E-state index contributed by atoms with van der Waals surface area (Å²) in [5, 5.41) is 1.53. The van der Waals surface area contributed by atoms with Crippen LogP contribution in [-0.2, 0) is 4.79 Å². The highest BCUT2D eigenvalue weighted by Gasteiger charge is 2.01. The highest BCUT2D eigenvalue weighted by molar-refractivity contribution is 7.99. The smallest absolute Gasteiger partial charge is 0.152 e. The maximum atomic E-state index is 10.2. The molecule has 11 heavy (non-hydrogen) atoms. The molecule has 1 aromatic heterocycles. The van der Waals surface area contributed by atoms with Crippen LogP contribution in [0.1, 0.15) is 0 Å². The van der Waals surface area contributed by atoms with E-state index in [-0.39, 0.29) is 0 Å². The fourth-order valence-corrected chi connectivity index (χ4v) is 1.94. The standard InChI is InChI=1S/C8H5NOS/c10-5-7-3-8-6(4-9-7)1-2-11-8/h1,3-4H,2H2. The van der Waals surface area contributed by atoms with Gasteiger partial charge in [-0.25, -0.2) is 9.78 Å². The first kappa shape index (κ1) is 6.65. The van der Waals surface area contributed by atoms with Gasteiger partial charge < -0.3 is 0 Å². The summed E-state index contributed by atoms with van der Waals surface area (Å²) < 4.78 is 0. The van der Waals surface area contributed by atoms with E-state index in [2.05, 4.69) is 11.1 Å². The van der Waals surface area contributed by atoms with Crippen molar-refractivity contribution in [2.45, 2.75) is 4.90 Å². The minimum absolute atomic E-state index is 0.395. The van der Waals surface area contributed by atoms with Crippen LogP contribution in [0.25, 0.3) is 6.08 Å². The van der Waals surface area contributed by atoms with Gasteiger partial charge in [0.1, 0.15) is 5.35 Å². The molecule has 0 aromatic carbocycles. The Hall–Kier alpha value is -1.05. The molecular weight excluding hydrogens is 158 g/mol. The Kier molecular flexibility index (Phi) is 1.53. The van der Waals surface area contributed by atoms with Gasteiger partial charge in [-0.15, -0.1) is 11.8 Å². The first-order valence-electron chi connectivity index (χ1n) is 3.24. The highest BCUT2D eigenvalue weighted by atomic mass is 32.2. The molecule has 1 aliphatic rings. The van der Waals surface area contributed by atoms with Gasteiger partial charge in [-0.1, -0.05) is 6.08 Å². The van der Waals surface area contributed by atoms with E-state index >= 15 is 0 Å². The number of hydrogen-bond acceptors (Lipinski definition) is 3. The van der Waals surface area contributed by atoms with E-state index < -0.39 is 0 Å². The highest BCUT2D eigenvalue weighted by Crippen LogP contribution is 2.15. The van der Waals surface area contributed by atoms with Gasteiger partial charge >= 0.3 is 0 Å². The number of pyridine rings is 1. The van der Waals surface area contributed by atoms with E-state index in [0.717, 1.165) is 15.9 Å². The van der Waals surface area contributed by atoms with Gasteiger partial charge in [0, 0.05) is 22.1 Å². The SMILES string of the molecule is O=C=c1cc2c(cn1)=CCS2. The number of fused-ring (bicyclic) bond motifs is 1. The number of rotatable bonds is 0. The molecule has 2 nitrogen and oxygen atoms in total. The molecular formula is C8H5NOS. The lowest BCUT2D eigenvalue weighted by Gasteiger charge is -1.88. The number of aromatic nitrogens is 1. The van der Waals surface area contributed by atoms with Gasteiger partial charge in [0.05, 0.1) is 0 Å². The van der Waals surface area contributed by atoms with Crippen molar-refractivity contribution in [1.82, 2.24) is 4.98 Å². The molecule has 2 heterocycles. The molecule has 0 saturated heterocycles. The lowest BCUT2D eigenvalue weighted by molar-refractivity contribution is 0.566. The number of hydrogen-bond donors (Lipinski definition) is 0. The fraction of sp³-hybridized carbons (Fsp3) is 0.125. The van der Waals surface area contributed by atoms with Gasteiger partial charge in [0.15, 0.2) is 5.94 Å². The first-order chi connectivity index (χ1) is 5.40. The summed E-state index contributed by atoms with van der Waals surface area (Å²) in [7, 11) is 0. The van der Waals surface area contributed by atoms with E-state index in [1.165, 1.54) is 0 Å². The van der Waals surface area contributed by atoms with Gasteiger partial charge in [-0.3, -0.25) is 0 Å². The van der Waals surface area contributed by atoms with Crippen LogP contribution in [0.5, 0.6) is 0 Å². The predicted octanol–water partition coefficient (Wildman–Crippen LogP) is -0.529. The largest absolute Gasteiger partial charge is 0.244 e. The molecule has 0 radical (unpaired) electrons. The van der Waals surface area contributed by atoms with Crippen LogP contribution in [0.4, 0.5) is 0 Å². The van der Waals surface area contributed by atoms with E-state index in [4.69, 9.17) is 0 Å². The van der Waals surface area contributed by atoms with Crippen LogP contribution in [0.15, 0.2) is 17.2 Å². The minimum atomic E-state index is 0.395. The molecule has 0 bridgehead atoms. The molecule has 3 heteroatoms. The molecule has 0 atom stereocenters. The van der Waals surface area contributed by atoms with Crippen molar-refractivity contribution in [3.8, 4) is 0 Å². The van der Waals surface area contributed by atoms with Crippen molar-refractivity contribution < 1.29 is 4.79 Å². The van der Waals surface area contributed by atoms with Crippen LogP contribution in [0.2, 0.25) is 0 Å². The van der Waals surface area contributed by atoms with Crippen LogP contribution in [-0.4, -0.2) is 16.7 Å². The molecule has 0 saturated carbocycles. The maximum absolute atomic E-state index is 10.2. The molecule has 0 fully saturated rings. The molecule has 54 valence electrons. The van der Waals surface area contributed by atoms with E-state index in [1.807, 2.05) is 0 Å². The van der Waals surface area contributed by atoms with Gasteiger partial charge in [-0.2, -0.15) is 0 Å². The Morgan fingerprint density at radius 2 is 2.55 bits per heavy atom. The van der Waals surface area contributed by atoms with Crippen LogP contribution >= 0.6 is 11.8 Å². The molecule has 0 N–H and O–H groups in total. The monoisotopic (exact) mass is 163 g/mol. The fourth-order valence-electron chi connectivity index (χ4n) is 1.00. The van der Waals surface area contributed by atoms with Crippen molar-refractivity contribution >= 4 is 23.8 Å². The first-order valence-corrected chi connectivity index (χ1v) is 4.23. The Balaban J connectivity index is 2.81. The zero-order valence-corrected chi connectivity index (χ0v) is 6.52. The third-order valence-corrected chi connectivity index (χ3v) is 2.54. The number of nitrogens with zero attached hydrogens (tertiary/aromatic N) is 1. The zero-order valence-electron chi connectivity index (χ0n) is 5.70. The lowest BCUT2D eigenvalue weighted by Crippen LogP contribution is -2.14. The summed E-state index contributed by atoms with van der Waals surface area (Å²) in [6.45, 7) is 0. The quantitative estimate of drug-likeness (QED) is 0.515. The minimum Gasteiger partial charge on any atom is -0.244 e. The molecule has 0 unspecified atom stereocenters. The number of carbonyl (C=O) groups excluding carboxylic acids is 1. The van der Waals surface area contributed by atoms with Crippen LogP contribution < -0.4 is 10.6 Å². The summed E-state index contributed by atoms with van der Waals surface area (Å²) in [6, 6.07) is 1.77. The van der Waals surface area contributed by atoms with Crippen LogP contribution in [0, 0.1) is 0 Å². The molecule has 1 aliphatic heterocycles. The maximum Gasteiger partial charge on any atom is 0.152 e. The summed E-state index contributed by atoms with van der Waals surface area (Å²) in [5.41, 5.74) is 0. The lowest BCUT2D eigenvalue weighted by atomic mass is 10.3. The average Bonchev–Trinajstić information content (AvgIpc) is 2.50. The van der Waals surface area contributed by atoms with Crippen molar-refractivity contribution in [3.05, 3.63) is 22.8 Å². The third kappa shape index (κ3) is 1.09. The molecule has 1 aromatic rings. The average molecular weight is 163 g/mol. The van der Waals surface area contributed by atoms with Crippen molar-refractivity contribution in [1.29, 1.82) is 0 Å². The second-order valence-electron chi connectivity index (χ2n) is 2.22. The second kappa shape index (κ2) is 2.53. The summed E-state index contributed by atoms with van der Waals surface area (Å²) in [4.78, 5) is 15.2. The van der Waals surface area contributed by atoms with Crippen molar-refractivity contribution in [2.24, 2.45) is 0 Å². The van der Waals surface area contributed by atoms with Gasteiger partial charge in [-0.05, 0) is 6.07 Å². The third-order valence-electron chi connectivity index (χ3n) is 1.54. The summed E-state index contributed by atoms with van der Waals surface area (Å²) >= 11 is 1.72. The molecule has 2 rings (SSSR count). The Labute approximate surface area is 67.6 Å². The molecule has 0 aliphatic carbocycles. The topological polar surface area (TPSA) is 30.0 Å². The van der Waals surface area contributed by atoms with E-state index in [1.54, 1.807) is 30.0 Å². The molecule has 0 spiro atoms. The number of thioether (sulfide) groups is 1. The van der Waals surface area contributed by atoms with E-state index in [0.29, 0.717) is 5.35 Å².